The summed E-state index contributed by atoms with van der Waals surface area (Å²) in [4.78, 5) is 8.80. The van der Waals surface area contributed by atoms with E-state index in [0.717, 1.165) is 22.9 Å². The van der Waals surface area contributed by atoms with Crippen molar-refractivity contribution in [3.63, 3.8) is 0 Å². The molecule has 2 heterocycles. The van der Waals surface area contributed by atoms with Crippen LogP contribution in [0.2, 0.25) is 0 Å². The summed E-state index contributed by atoms with van der Waals surface area (Å²) in [6, 6.07) is 9.73. The predicted octanol–water partition coefficient (Wildman–Crippen LogP) is 3.33. The SMILES string of the molecule is CC(C)C[C@@H](N)c1nc(-c2nccc3ccccc23)no1. The highest BCUT2D eigenvalue weighted by molar-refractivity contribution is 5.92. The molecule has 0 saturated heterocycles. The highest BCUT2D eigenvalue weighted by Gasteiger charge is 2.18. The highest BCUT2D eigenvalue weighted by atomic mass is 16.5. The van der Waals surface area contributed by atoms with Gasteiger partial charge in [0.1, 0.15) is 5.69 Å². The summed E-state index contributed by atoms with van der Waals surface area (Å²) in [5.74, 6) is 1.43. The first-order valence-electron chi connectivity index (χ1n) is 7.08. The summed E-state index contributed by atoms with van der Waals surface area (Å²) in [6.45, 7) is 4.23. The van der Waals surface area contributed by atoms with Crippen LogP contribution in [-0.4, -0.2) is 15.1 Å². The van der Waals surface area contributed by atoms with Gasteiger partial charge in [0.15, 0.2) is 0 Å². The molecule has 0 saturated carbocycles. The van der Waals surface area contributed by atoms with Crippen molar-refractivity contribution in [3.05, 3.63) is 42.4 Å². The molecule has 0 radical (unpaired) electrons. The lowest BCUT2D eigenvalue weighted by Crippen LogP contribution is -2.13. The van der Waals surface area contributed by atoms with Gasteiger partial charge in [0.2, 0.25) is 11.7 Å². The smallest absolute Gasteiger partial charge is 0.243 e. The Hall–Kier alpha value is -2.27. The molecule has 3 aromatic rings. The minimum absolute atomic E-state index is 0.235. The molecule has 0 amide bonds. The molecule has 1 aromatic carbocycles. The van der Waals surface area contributed by atoms with Gasteiger partial charge in [-0.3, -0.25) is 4.98 Å². The van der Waals surface area contributed by atoms with Crippen LogP contribution < -0.4 is 5.73 Å². The molecule has 0 unspecified atom stereocenters. The van der Waals surface area contributed by atoms with E-state index in [9.17, 15) is 0 Å². The second-order valence-electron chi connectivity index (χ2n) is 5.57. The van der Waals surface area contributed by atoms with Gasteiger partial charge in [-0.05, 0) is 23.8 Å². The van der Waals surface area contributed by atoms with Crippen LogP contribution in [0.25, 0.3) is 22.3 Å². The zero-order chi connectivity index (χ0) is 14.8. The second kappa shape index (κ2) is 5.61. The maximum atomic E-state index is 6.08. The van der Waals surface area contributed by atoms with Crippen molar-refractivity contribution < 1.29 is 4.52 Å². The van der Waals surface area contributed by atoms with Gasteiger partial charge in [-0.25, -0.2) is 0 Å². The van der Waals surface area contributed by atoms with Gasteiger partial charge < -0.3 is 10.3 Å². The average Bonchev–Trinajstić information content (AvgIpc) is 2.95. The van der Waals surface area contributed by atoms with E-state index in [2.05, 4.69) is 29.0 Å². The molecular formula is C16H18N4O. The van der Waals surface area contributed by atoms with Crippen LogP contribution in [0.3, 0.4) is 0 Å². The monoisotopic (exact) mass is 282 g/mol. The molecule has 2 aromatic heterocycles. The molecule has 0 aliphatic heterocycles. The fourth-order valence-corrected chi connectivity index (χ4v) is 2.39. The minimum Gasteiger partial charge on any atom is -0.337 e. The van der Waals surface area contributed by atoms with Crippen LogP contribution in [0.5, 0.6) is 0 Å². The summed E-state index contributed by atoms with van der Waals surface area (Å²) >= 11 is 0. The molecular weight excluding hydrogens is 264 g/mol. The van der Waals surface area contributed by atoms with Crippen molar-refractivity contribution in [1.29, 1.82) is 0 Å². The summed E-state index contributed by atoms with van der Waals surface area (Å²) < 4.78 is 5.30. The number of pyridine rings is 1. The summed E-state index contributed by atoms with van der Waals surface area (Å²) in [5.41, 5.74) is 6.81. The molecule has 1 atom stereocenters. The Morgan fingerprint density at radius 2 is 2.00 bits per heavy atom. The van der Waals surface area contributed by atoms with Crippen LogP contribution in [0.4, 0.5) is 0 Å². The van der Waals surface area contributed by atoms with Gasteiger partial charge in [0, 0.05) is 11.6 Å². The highest BCUT2D eigenvalue weighted by Crippen LogP contribution is 2.25. The first kappa shape index (κ1) is 13.7. The van der Waals surface area contributed by atoms with Crippen LogP contribution in [0.15, 0.2) is 41.1 Å². The average molecular weight is 282 g/mol. The number of aromatic nitrogens is 3. The zero-order valence-corrected chi connectivity index (χ0v) is 12.2. The van der Waals surface area contributed by atoms with Crippen molar-refractivity contribution in [2.24, 2.45) is 11.7 Å². The van der Waals surface area contributed by atoms with Gasteiger partial charge in [-0.1, -0.05) is 43.3 Å². The van der Waals surface area contributed by atoms with Gasteiger partial charge in [0.25, 0.3) is 0 Å². The lowest BCUT2D eigenvalue weighted by molar-refractivity contribution is 0.335. The number of benzene rings is 1. The Kier molecular flexibility index (Phi) is 3.66. The quantitative estimate of drug-likeness (QED) is 0.794. The Morgan fingerprint density at radius 3 is 2.81 bits per heavy atom. The third-order valence-electron chi connectivity index (χ3n) is 3.37. The van der Waals surface area contributed by atoms with E-state index in [1.165, 1.54) is 0 Å². The Morgan fingerprint density at radius 1 is 1.19 bits per heavy atom. The van der Waals surface area contributed by atoms with E-state index in [4.69, 9.17) is 10.3 Å². The number of hydrogen-bond donors (Lipinski definition) is 1. The maximum absolute atomic E-state index is 6.08. The van der Waals surface area contributed by atoms with E-state index >= 15 is 0 Å². The summed E-state index contributed by atoms with van der Waals surface area (Å²) in [6.07, 6.45) is 2.56. The Labute approximate surface area is 123 Å². The number of rotatable bonds is 4. The first-order valence-corrected chi connectivity index (χ1v) is 7.08. The molecule has 108 valence electrons. The van der Waals surface area contributed by atoms with Crippen LogP contribution >= 0.6 is 0 Å². The summed E-state index contributed by atoms with van der Waals surface area (Å²) in [7, 11) is 0. The molecule has 0 spiro atoms. The molecule has 5 nitrogen and oxygen atoms in total. The first-order chi connectivity index (χ1) is 10.1. The number of nitrogens with two attached hydrogens (primary N) is 1. The van der Waals surface area contributed by atoms with E-state index in [0.29, 0.717) is 17.6 Å². The predicted molar refractivity (Wildman–Crippen MR) is 81.4 cm³/mol. The minimum atomic E-state index is -0.235. The van der Waals surface area contributed by atoms with Crippen molar-refractivity contribution >= 4 is 10.8 Å². The number of nitrogens with zero attached hydrogens (tertiary/aromatic N) is 3. The number of hydrogen-bond acceptors (Lipinski definition) is 5. The third kappa shape index (κ3) is 2.78. The molecule has 2 N–H and O–H groups in total. The molecule has 21 heavy (non-hydrogen) atoms. The van der Waals surface area contributed by atoms with E-state index in [-0.39, 0.29) is 6.04 Å². The van der Waals surface area contributed by atoms with Crippen LogP contribution in [-0.2, 0) is 0 Å². The van der Waals surface area contributed by atoms with Crippen molar-refractivity contribution in [2.75, 3.05) is 0 Å². The van der Waals surface area contributed by atoms with Crippen LogP contribution in [0, 0.1) is 5.92 Å². The largest absolute Gasteiger partial charge is 0.337 e. The van der Waals surface area contributed by atoms with Crippen molar-refractivity contribution in [2.45, 2.75) is 26.3 Å². The molecule has 0 fully saturated rings. The van der Waals surface area contributed by atoms with Gasteiger partial charge in [-0.15, -0.1) is 0 Å². The lowest BCUT2D eigenvalue weighted by atomic mass is 10.0. The zero-order valence-electron chi connectivity index (χ0n) is 12.2. The number of fused-ring (bicyclic) bond motifs is 1. The standard InChI is InChI=1S/C16H18N4O/c1-10(2)9-13(17)16-19-15(20-21-16)14-12-6-4-3-5-11(12)7-8-18-14/h3-8,10,13H,9,17H2,1-2H3/t13-/m1/s1. The van der Waals surface area contributed by atoms with Gasteiger partial charge in [0.05, 0.1) is 6.04 Å². The normalized spacial score (nSPS) is 13.0. The lowest BCUT2D eigenvalue weighted by Gasteiger charge is -2.08. The van der Waals surface area contributed by atoms with Crippen molar-refractivity contribution in [3.8, 4) is 11.5 Å². The van der Waals surface area contributed by atoms with E-state index in [1.807, 2.05) is 30.3 Å². The molecule has 0 aliphatic rings. The van der Waals surface area contributed by atoms with E-state index < -0.39 is 0 Å². The van der Waals surface area contributed by atoms with Gasteiger partial charge in [-0.2, -0.15) is 4.98 Å². The van der Waals surface area contributed by atoms with Gasteiger partial charge >= 0.3 is 0 Å². The van der Waals surface area contributed by atoms with E-state index in [1.54, 1.807) is 6.20 Å². The molecule has 3 rings (SSSR count). The fourth-order valence-electron chi connectivity index (χ4n) is 2.39. The maximum Gasteiger partial charge on any atom is 0.243 e. The molecule has 0 aliphatic carbocycles. The molecule has 5 heteroatoms. The molecule has 0 bridgehead atoms. The Balaban J connectivity index is 1.99. The fraction of sp³-hybridized carbons (Fsp3) is 0.312. The summed E-state index contributed by atoms with van der Waals surface area (Å²) in [5, 5.41) is 6.14. The topological polar surface area (TPSA) is 77.8 Å². The Bertz CT molecular complexity index is 745. The third-order valence-corrected chi connectivity index (χ3v) is 3.37. The van der Waals surface area contributed by atoms with Crippen LogP contribution in [0.1, 0.15) is 32.2 Å². The van der Waals surface area contributed by atoms with Crippen molar-refractivity contribution in [1.82, 2.24) is 15.1 Å². The second-order valence-corrected chi connectivity index (χ2v) is 5.57.